The smallest absolute Gasteiger partial charge is 0.242 e. The average molecular weight is 379 g/mol. The van der Waals surface area contributed by atoms with Crippen LogP contribution in [0.15, 0.2) is 53.4 Å². The molecule has 0 aliphatic heterocycles. The van der Waals surface area contributed by atoms with Crippen LogP contribution in [0.4, 0.5) is 15.8 Å². The Morgan fingerprint density at radius 2 is 1.62 bits per heavy atom. The van der Waals surface area contributed by atoms with E-state index in [4.69, 9.17) is 0 Å². The lowest BCUT2D eigenvalue weighted by Crippen LogP contribution is -2.41. The summed E-state index contributed by atoms with van der Waals surface area (Å²) in [7, 11) is -3.97. The summed E-state index contributed by atoms with van der Waals surface area (Å²) >= 11 is 0. The molecule has 1 unspecified atom stereocenters. The van der Waals surface area contributed by atoms with Crippen LogP contribution in [0.3, 0.4) is 0 Å². The minimum Gasteiger partial charge on any atom is -0.326 e. The Kier molecular flexibility index (Phi) is 6.06. The monoisotopic (exact) mass is 379 g/mol. The van der Waals surface area contributed by atoms with Gasteiger partial charge in [0.05, 0.1) is 16.6 Å². The molecular weight excluding hydrogens is 361 g/mol. The number of benzene rings is 2. The summed E-state index contributed by atoms with van der Waals surface area (Å²) in [5.74, 6) is -1.60. The third kappa shape index (κ3) is 5.11. The van der Waals surface area contributed by atoms with Crippen LogP contribution in [-0.2, 0) is 19.6 Å². The zero-order chi connectivity index (χ0) is 19.3. The number of halogens is 1. The van der Waals surface area contributed by atoms with Crippen molar-refractivity contribution in [3.8, 4) is 0 Å². The second kappa shape index (κ2) is 8.07. The summed E-state index contributed by atoms with van der Waals surface area (Å²) in [5, 5.41) is 4.85. The van der Waals surface area contributed by atoms with Gasteiger partial charge in [-0.25, -0.2) is 12.8 Å². The maximum atomic E-state index is 13.6. The molecule has 0 saturated carbocycles. The first-order valence-electron chi connectivity index (χ1n) is 7.64. The van der Waals surface area contributed by atoms with E-state index in [-0.39, 0.29) is 16.5 Å². The first-order valence-corrected chi connectivity index (χ1v) is 9.13. The van der Waals surface area contributed by atoms with Crippen molar-refractivity contribution in [2.75, 3.05) is 10.6 Å². The number of hydrogen-bond acceptors (Lipinski definition) is 4. The van der Waals surface area contributed by atoms with Crippen molar-refractivity contribution in [2.24, 2.45) is 0 Å². The summed E-state index contributed by atoms with van der Waals surface area (Å²) in [6, 6.07) is 9.90. The first-order chi connectivity index (χ1) is 12.2. The van der Waals surface area contributed by atoms with E-state index >= 15 is 0 Å². The van der Waals surface area contributed by atoms with Gasteiger partial charge in [-0.15, -0.1) is 0 Å². The van der Waals surface area contributed by atoms with Crippen molar-refractivity contribution in [1.29, 1.82) is 0 Å². The van der Waals surface area contributed by atoms with Gasteiger partial charge >= 0.3 is 0 Å². The molecule has 2 aromatic rings. The normalized spacial score (nSPS) is 12.3. The molecule has 26 heavy (non-hydrogen) atoms. The molecule has 2 amide bonds. The number of amides is 2. The maximum Gasteiger partial charge on any atom is 0.242 e. The van der Waals surface area contributed by atoms with Gasteiger partial charge in [0, 0.05) is 12.6 Å². The Morgan fingerprint density at radius 1 is 1.00 bits per heavy atom. The second-order valence-corrected chi connectivity index (χ2v) is 7.23. The van der Waals surface area contributed by atoms with Gasteiger partial charge in [0.2, 0.25) is 21.8 Å². The van der Waals surface area contributed by atoms with Crippen molar-refractivity contribution >= 4 is 33.2 Å². The van der Waals surface area contributed by atoms with Crippen molar-refractivity contribution in [3.63, 3.8) is 0 Å². The fourth-order valence-corrected chi connectivity index (χ4v) is 3.28. The van der Waals surface area contributed by atoms with Crippen LogP contribution >= 0.6 is 0 Å². The van der Waals surface area contributed by atoms with Gasteiger partial charge in [-0.3, -0.25) is 9.59 Å². The number of carbonyl (C=O) groups is 2. The van der Waals surface area contributed by atoms with Crippen molar-refractivity contribution in [1.82, 2.24) is 4.72 Å². The molecule has 0 fully saturated rings. The van der Waals surface area contributed by atoms with Gasteiger partial charge in [0.25, 0.3) is 0 Å². The Balaban J connectivity index is 2.06. The summed E-state index contributed by atoms with van der Waals surface area (Å²) in [6.45, 7) is 2.68. The molecule has 0 aromatic heterocycles. The standard InChI is InChI=1S/C17H18FN3O4S/c1-11(17(23)20-16-6-4-3-5-15(16)18)21-26(24,25)14-9-7-13(8-10-14)19-12(2)22/h3-11,21H,1-2H3,(H,19,22)(H,20,23). The zero-order valence-electron chi connectivity index (χ0n) is 14.1. The quantitative estimate of drug-likeness (QED) is 0.715. The molecule has 0 aliphatic rings. The SMILES string of the molecule is CC(=O)Nc1ccc(S(=O)(=O)NC(C)C(=O)Nc2ccccc2F)cc1. The predicted molar refractivity (Wildman–Crippen MR) is 95.6 cm³/mol. The molecule has 0 heterocycles. The molecular formula is C17H18FN3O4S. The lowest BCUT2D eigenvalue weighted by atomic mass is 10.2. The van der Waals surface area contributed by atoms with E-state index in [1.807, 2.05) is 0 Å². The van der Waals surface area contributed by atoms with E-state index in [0.717, 1.165) is 0 Å². The predicted octanol–water partition coefficient (Wildman–Crippen LogP) is 2.09. The van der Waals surface area contributed by atoms with Crippen molar-refractivity contribution in [3.05, 3.63) is 54.3 Å². The molecule has 2 aromatic carbocycles. The van der Waals surface area contributed by atoms with Crippen LogP contribution < -0.4 is 15.4 Å². The Labute approximate surface area is 150 Å². The zero-order valence-corrected chi connectivity index (χ0v) is 14.9. The van der Waals surface area contributed by atoms with E-state index in [0.29, 0.717) is 5.69 Å². The Bertz CT molecular complexity index is 914. The summed E-state index contributed by atoms with van der Waals surface area (Å²) < 4.78 is 40.5. The topological polar surface area (TPSA) is 104 Å². The van der Waals surface area contributed by atoms with Crippen molar-refractivity contribution < 1.29 is 22.4 Å². The Morgan fingerprint density at radius 3 is 2.19 bits per heavy atom. The van der Waals surface area contributed by atoms with E-state index in [2.05, 4.69) is 15.4 Å². The van der Waals surface area contributed by atoms with Gasteiger partial charge in [0.15, 0.2) is 0 Å². The molecule has 0 spiro atoms. The van der Waals surface area contributed by atoms with Gasteiger partial charge < -0.3 is 10.6 Å². The molecule has 3 N–H and O–H groups in total. The molecule has 138 valence electrons. The largest absolute Gasteiger partial charge is 0.326 e. The van der Waals surface area contributed by atoms with E-state index in [1.165, 1.54) is 56.3 Å². The highest BCUT2D eigenvalue weighted by Gasteiger charge is 2.22. The number of para-hydroxylation sites is 1. The third-order valence-electron chi connectivity index (χ3n) is 3.34. The summed E-state index contributed by atoms with van der Waals surface area (Å²) in [5.41, 5.74) is 0.407. The fourth-order valence-electron chi connectivity index (χ4n) is 2.08. The summed E-state index contributed by atoms with van der Waals surface area (Å²) in [6.07, 6.45) is 0. The highest BCUT2D eigenvalue weighted by Crippen LogP contribution is 2.16. The van der Waals surface area contributed by atoms with Crippen LogP contribution in [0.5, 0.6) is 0 Å². The lowest BCUT2D eigenvalue weighted by molar-refractivity contribution is -0.117. The lowest BCUT2D eigenvalue weighted by Gasteiger charge is -2.15. The van der Waals surface area contributed by atoms with Crippen LogP contribution in [0.1, 0.15) is 13.8 Å². The number of anilines is 2. The maximum absolute atomic E-state index is 13.6. The number of rotatable bonds is 6. The molecule has 0 aliphatic carbocycles. The fraction of sp³-hybridized carbons (Fsp3) is 0.176. The van der Waals surface area contributed by atoms with Gasteiger partial charge in [-0.1, -0.05) is 12.1 Å². The van der Waals surface area contributed by atoms with Crippen molar-refractivity contribution in [2.45, 2.75) is 24.8 Å². The van der Waals surface area contributed by atoms with Crippen LogP contribution in [-0.4, -0.2) is 26.3 Å². The third-order valence-corrected chi connectivity index (χ3v) is 4.90. The first kappa shape index (κ1) is 19.5. The summed E-state index contributed by atoms with van der Waals surface area (Å²) in [4.78, 5) is 23.0. The average Bonchev–Trinajstić information content (AvgIpc) is 2.56. The number of sulfonamides is 1. The molecule has 1 atom stereocenters. The molecule has 0 radical (unpaired) electrons. The second-order valence-electron chi connectivity index (χ2n) is 5.52. The minimum atomic E-state index is -3.97. The number of hydrogen-bond donors (Lipinski definition) is 3. The van der Waals surface area contributed by atoms with E-state index in [1.54, 1.807) is 6.07 Å². The van der Waals surface area contributed by atoms with Gasteiger partial charge in [-0.2, -0.15) is 4.72 Å². The van der Waals surface area contributed by atoms with Crippen LogP contribution in [0, 0.1) is 5.82 Å². The van der Waals surface area contributed by atoms with Crippen LogP contribution in [0.2, 0.25) is 0 Å². The van der Waals surface area contributed by atoms with Gasteiger partial charge in [0.1, 0.15) is 5.82 Å². The minimum absolute atomic E-state index is 0.0387. The molecule has 7 nitrogen and oxygen atoms in total. The number of carbonyl (C=O) groups excluding carboxylic acids is 2. The van der Waals surface area contributed by atoms with Crippen LogP contribution in [0.25, 0.3) is 0 Å². The number of nitrogens with one attached hydrogen (secondary N) is 3. The Hall–Kier alpha value is -2.78. The van der Waals surface area contributed by atoms with Gasteiger partial charge in [-0.05, 0) is 43.3 Å². The molecule has 0 bridgehead atoms. The molecule has 0 saturated heterocycles. The van der Waals surface area contributed by atoms with E-state index < -0.39 is 27.8 Å². The highest BCUT2D eigenvalue weighted by atomic mass is 32.2. The molecule has 2 rings (SSSR count). The molecule has 9 heteroatoms. The highest BCUT2D eigenvalue weighted by molar-refractivity contribution is 7.89. The van der Waals surface area contributed by atoms with E-state index in [9.17, 15) is 22.4 Å².